The normalized spacial score (nSPS) is 10.4. The molecular formula is C11H11Cl2N3O2. The third kappa shape index (κ3) is 3.05. The van der Waals surface area contributed by atoms with Crippen LogP contribution in [0.25, 0.3) is 0 Å². The van der Waals surface area contributed by atoms with Crippen molar-refractivity contribution in [1.82, 2.24) is 10.2 Å². The van der Waals surface area contributed by atoms with Crippen molar-refractivity contribution in [3.63, 3.8) is 0 Å². The lowest BCUT2D eigenvalue weighted by Gasteiger charge is -2.05. The summed E-state index contributed by atoms with van der Waals surface area (Å²) in [5.41, 5.74) is 0.738. The summed E-state index contributed by atoms with van der Waals surface area (Å²) in [6.07, 6.45) is 0.541. The number of anilines is 2. The van der Waals surface area contributed by atoms with Gasteiger partial charge in [-0.3, -0.25) is 0 Å². The van der Waals surface area contributed by atoms with Gasteiger partial charge in [0.1, 0.15) is 5.75 Å². The topological polar surface area (TPSA) is 60.2 Å². The minimum atomic E-state index is 0.302. The first-order valence-corrected chi connectivity index (χ1v) is 6.13. The Bertz CT molecular complexity index is 531. The van der Waals surface area contributed by atoms with Crippen LogP contribution in [0.2, 0.25) is 5.02 Å². The van der Waals surface area contributed by atoms with Crippen LogP contribution < -0.4 is 10.1 Å². The molecule has 0 aliphatic heterocycles. The van der Waals surface area contributed by atoms with Crippen LogP contribution in [0.15, 0.2) is 22.6 Å². The molecule has 7 heteroatoms. The second-order valence-electron chi connectivity index (χ2n) is 3.41. The van der Waals surface area contributed by atoms with Crippen molar-refractivity contribution in [2.24, 2.45) is 0 Å². The zero-order valence-electron chi connectivity index (χ0n) is 9.61. The standard InChI is InChI=1S/C11H11Cl2N3O2/c1-17-9-3-2-7(6-8(9)13)14-11-16-15-10(18-11)4-5-12/h2-3,6H,4-5H2,1H3,(H,14,16). The number of halogens is 2. The Balaban J connectivity index is 2.10. The molecule has 2 aromatic rings. The van der Waals surface area contributed by atoms with Gasteiger partial charge in [-0.25, -0.2) is 0 Å². The maximum absolute atomic E-state index is 6.00. The molecule has 0 amide bonds. The van der Waals surface area contributed by atoms with Gasteiger partial charge < -0.3 is 14.5 Å². The minimum absolute atomic E-state index is 0.302. The Kier molecular flexibility index (Phi) is 4.28. The van der Waals surface area contributed by atoms with Gasteiger partial charge in [-0.1, -0.05) is 16.7 Å². The number of benzene rings is 1. The van der Waals surface area contributed by atoms with Gasteiger partial charge in [0, 0.05) is 18.0 Å². The van der Waals surface area contributed by atoms with Crippen molar-refractivity contribution < 1.29 is 9.15 Å². The highest BCUT2D eigenvalue weighted by Gasteiger charge is 2.07. The van der Waals surface area contributed by atoms with E-state index in [1.807, 2.05) is 0 Å². The van der Waals surface area contributed by atoms with Gasteiger partial charge in [0.2, 0.25) is 5.89 Å². The van der Waals surface area contributed by atoms with E-state index in [4.69, 9.17) is 32.4 Å². The van der Waals surface area contributed by atoms with E-state index in [0.29, 0.717) is 35.0 Å². The van der Waals surface area contributed by atoms with Crippen LogP contribution in [-0.2, 0) is 6.42 Å². The van der Waals surface area contributed by atoms with E-state index in [2.05, 4.69) is 15.5 Å². The predicted molar refractivity (Wildman–Crippen MR) is 70.0 cm³/mol. The highest BCUT2D eigenvalue weighted by Crippen LogP contribution is 2.28. The molecule has 1 heterocycles. The highest BCUT2D eigenvalue weighted by atomic mass is 35.5. The summed E-state index contributed by atoms with van der Waals surface area (Å²) in [6.45, 7) is 0. The number of hydrogen-bond donors (Lipinski definition) is 1. The molecule has 0 aliphatic carbocycles. The van der Waals surface area contributed by atoms with Crippen LogP contribution >= 0.6 is 23.2 Å². The molecule has 0 radical (unpaired) electrons. The molecule has 5 nitrogen and oxygen atoms in total. The maximum Gasteiger partial charge on any atom is 0.320 e. The molecule has 18 heavy (non-hydrogen) atoms. The van der Waals surface area contributed by atoms with Crippen molar-refractivity contribution in [3.8, 4) is 5.75 Å². The largest absolute Gasteiger partial charge is 0.495 e. The van der Waals surface area contributed by atoms with Crippen LogP contribution in [0.5, 0.6) is 5.75 Å². The third-order valence-corrected chi connectivity index (χ3v) is 2.66. The summed E-state index contributed by atoms with van der Waals surface area (Å²) in [5.74, 6) is 1.54. The van der Waals surface area contributed by atoms with Gasteiger partial charge in [-0.2, -0.15) is 0 Å². The summed E-state index contributed by atoms with van der Waals surface area (Å²) in [7, 11) is 1.56. The number of aromatic nitrogens is 2. The van der Waals surface area contributed by atoms with Gasteiger partial charge >= 0.3 is 6.01 Å². The summed E-state index contributed by atoms with van der Waals surface area (Å²) in [5, 5.41) is 11.1. The van der Waals surface area contributed by atoms with E-state index in [1.165, 1.54) is 0 Å². The average Bonchev–Trinajstić information content (AvgIpc) is 2.77. The number of aryl methyl sites for hydroxylation is 1. The molecule has 0 aliphatic rings. The lowest BCUT2D eigenvalue weighted by molar-refractivity contribution is 0.415. The first-order valence-electron chi connectivity index (χ1n) is 5.22. The molecule has 1 N–H and O–H groups in total. The minimum Gasteiger partial charge on any atom is -0.495 e. The fraction of sp³-hybridized carbons (Fsp3) is 0.273. The van der Waals surface area contributed by atoms with Crippen LogP contribution in [0.4, 0.5) is 11.7 Å². The molecular weight excluding hydrogens is 277 g/mol. The monoisotopic (exact) mass is 287 g/mol. The molecule has 0 saturated carbocycles. The molecule has 0 fully saturated rings. The number of rotatable bonds is 5. The average molecular weight is 288 g/mol. The number of alkyl halides is 1. The Morgan fingerprint density at radius 3 is 2.89 bits per heavy atom. The molecule has 0 bridgehead atoms. The molecule has 0 spiro atoms. The van der Waals surface area contributed by atoms with E-state index in [9.17, 15) is 0 Å². The summed E-state index contributed by atoms with van der Waals surface area (Å²) >= 11 is 11.6. The number of nitrogens with zero attached hydrogens (tertiary/aromatic N) is 2. The Morgan fingerprint density at radius 1 is 1.39 bits per heavy atom. The summed E-state index contributed by atoms with van der Waals surface area (Å²) in [6, 6.07) is 5.57. The van der Waals surface area contributed by atoms with Crippen molar-refractivity contribution in [1.29, 1.82) is 0 Å². The zero-order valence-corrected chi connectivity index (χ0v) is 11.1. The lowest BCUT2D eigenvalue weighted by atomic mass is 10.3. The number of methoxy groups -OCH3 is 1. The predicted octanol–water partition coefficient (Wildman–Crippen LogP) is 3.26. The smallest absolute Gasteiger partial charge is 0.320 e. The zero-order chi connectivity index (χ0) is 13.0. The SMILES string of the molecule is COc1ccc(Nc2nnc(CCCl)o2)cc1Cl. The Hall–Kier alpha value is -1.46. The van der Waals surface area contributed by atoms with E-state index >= 15 is 0 Å². The second kappa shape index (κ2) is 5.93. The first-order chi connectivity index (χ1) is 8.72. The quantitative estimate of drug-likeness (QED) is 0.856. The van der Waals surface area contributed by atoms with E-state index in [0.717, 1.165) is 5.69 Å². The molecule has 2 rings (SSSR count). The van der Waals surface area contributed by atoms with Gasteiger partial charge in [0.25, 0.3) is 0 Å². The van der Waals surface area contributed by atoms with Gasteiger partial charge in [-0.05, 0) is 18.2 Å². The third-order valence-electron chi connectivity index (χ3n) is 2.18. The molecule has 96 valence electrons. The van der Waals surface area contributed by atoms with Gasteiger partial charge in [-0.15, -0.1) is 16.7 Å². The molecule has 0 saturated heterocycles. The van der Waals surface area contributed by atoms with Gasteiger partial charge in [0.05, 0.1) is 12.1 Å². The first kappa shape index (κ1) is 13.0. The van der Waals surface area contributed by atoms with Crippen LogP contribution in [0.3, 0.4) is 0 Å². The van der Waals surface area contributed by atoms with Crippen LogP contribution in [0, 0.1) is 0 Å². The lowest BCUT2D eigenvalue weighted by Crippen LogP contribution is -1.91. The molecule has 0 unspecified atom stereocenters. The van der Waals surface area contributed by atoms with Crippen molar-refractivity contribution in [2.75, 3.05) is 18.3 Å². The molecule has 1 aromatic carbocycles. The highest BCUT2D eigenvalue weighted by molar-refractivity contribution is 6.32. The molecule has 1 aromatic heterocycles. The number of hydrogen-bond acceptors (Lipinski definition) is 5. The summed E-state index contributed by atoms with van der Waals surface area (Å²) in [4.78, 5) is 0. The van der Waals surface area contributed by atoms with E-state index in [-0.39, 0.29) is 0 Å². The number of nitrogens with one attached hydrogen (secondary N) is 1. The van der Waals surface area contributed by atoms with Crippen LogP contribution in [0.1, 0.15) is 5.89 Å². The van der Waals surface area contributed by atoms with E-state index in [1.54, 1.807) is 25.3 Å². The van der Waals surface area contributed by atoms with Crippen molar-refractivity contribution in [3.05, 3.63) is 29.1 Å². The van der Waals surface area contributed by atoms with Crippen molar-refractivity contribution >= 4 is 34.9 Å². The van der Waals surface area contributed by atoms with E-state index < -0.39 is 0 Å². The molecule has 0 atom stereocenters. The van der Waals surface area contributed by atoms with Crippen molar-refractivity contribution in [2.45, 2.75) is 6.42 Å². The Labute approximate surface area is 114 Å². The van der Waals surface area contributed by atoms with Crippen LogP contribution in [-0.4, -0.2) is 23.2 Å². The summed E-state index contributed by atoms with van der Waals surface area (Å²) < 4.78 is 10.4. The number of ether oxygens (including phenoxy) is 1. The fourth-order valence-corrected chi connectivity index (χ4v) is 1.77. The fourth-order valence-electron chi connectivity index (χ4n) is 1.35. The maximum atomic E-state index is 6.00. The Morgan fingerprint density at radius 2 is 2.22 bits per heavy atom. The van der Waals surface area contributed by atoms with Gasteiger partial charge in [0.15, 0.2) is 0 Å². The second-order valence-corrected chi connectivity index (χ2v) is 4.20.